The highest BCUT2D eigenvalue weighted by molar-refractivity contribution is 5.93. The topological polar surface area (TPSA) is 81.8 Å². The Hall–Kier alpha value is -3.71. The van der Waals surface area contributed by atoms with Crippen LogP contribution in [0.1, 0.15) is 11.1 Å². The predicted molar refractivity (Wildman–Crippen MR) is 137 cm³/mol. The van der Waals surface area contributed by atoms with E-state index in [1.807, 2.05) is 66.7 Å². The second-order valence-electron chi connectivity index (χ2n) is 8.93. The van der Waals surface area contributed by atoms with E-state index in [1.54, 1.807) is 19.0 Å². The zero-order chi connectivity index (χ0) is 24.8. The minimum atomic E-state index is -0.696. The standard InChI is InChI=1S/C28H32N4O3/c1-29-27(34)24(17-20-8-4-3-5-9-20)31(2)28(35)25(32-15-14-30-19-26(32)33)18-21-12-13-22-10-6-7-11-23(22)16-21/h3-13,16,24-25,30H,14-15,17-19H2,1-2H3,(H,29,34)/t24-,25-/m1/s1. The molecule has 0 saturated carbocycles. The van der Waals surface area contributed by atoms with Crippen molar-refractivity contribution < 1.29 is 14.4 Å². The Labute approximate surface area is 206 Å². The van der Waals surface area contributed by atoms with E-state index in [9.17, 15) is 14.4 Å². The van der Waals surface area contributed by atoms with Gasteiger partial charge in [-0.3, -0.25) is 14.4 Å². The van der Waals surface area contributed by atoms with Crippen molar-refractivity contribution in [2.75, 3.05) is 33.7 Å². The number of nitrogens with zero attached hydrogens (tertiary/aromatic N) is 2. The van der Waals surface area contributed by atoms with Gasteiger partial charge in [-0.1, -0.05) is 72.8 Å². The Kier molecular flexibility index (Phi) is 7.77. The van der Waals surface area contributed by atoms with E-state index in [1.165, 1.54) is 4.90 Å². The van der Waals surface area contributed by atoms with Crippen molar-refractivity contribution in [1.82, 2.24) is 20.4 Å². The van der Waals surface area contributed by atoms with E-state index in [0.717, 1.165) is 21.9 Å². The molecule has 7 heteroatoms. The monoisotopic (exact) mass is 472 g/mol. The molecule has 0 radical (unpaired) electrons. The summed E-state index contributed by atoms with van der Waals surface area (Å²) in [7, 11) is 3.23. The molecular formula is C28H32N4O3. The lowest BCUT2D eigenvalue weighted by Gasteiger charge is -2.38. The van der Waals surface area contributed by atoms with Gasteiger partial charge in [-0.2, -0.15) is 0 Å². The number of rotatable bonds is 8. The Bertz CT molecular complexity index is 1200. The molecule has 1 saturated heterocycles. The molecule has 1 aliphatic heterocycles. The molecule has 0 spiro atoms. The average Bonchev–Trinajstić information content (AvgIpc) is 2.90. The molecule has 182 valence electrons. The second-order valence-corrected chi connectivity index (χ2v) is 8.93. The fraction of sp³-hybridized carbons (Fsp3) is 0.321. The number of amides is 3. The van der Waals surface area contributed by atoms with Gasteiger partial charge in [0.2, 0.25) is 17.7 Å². The number of piperazine rings is 1. The molecule has 1 heterocycles. The molecule has 0 unspecified atom stereocenters. The van der Waals surface area contributed by atoms with E-state index in [4.69, 9.17) is 0 Å². The molecule has 0 bridgehead atoms. The molecular weight excluding hydrogens is 440 g/mol. The quantitative estimate of drug-likeness (QED) is 0.526. The third-order valence-corrected chi connectivity index (χ3v) is 6.67. The summed E-state index contributed by atoms with van der Waals surface area (Å²) in [5.41, 5.74) is 1.94. The summed E-state index contributed by atoms with van der Waals surface area (Å²) in [4.78, 5) is 42.8. The van der Waals surface area contributed by atoms with Crippen LogP contribution in [0, 0.1) is 0 Å². The molecule has 0 aliphatic carbocycles. The van der Waals surface area contributed by atoms with Gasteiger partial charge in [0, 0.05) is 40.0 Å². The molecule has 35 heavy (non-hydrogen) atoms. The zero-order valence-corrected chi connectivity index (χ0v) is 20.2. The highest BCUT2D eigenvalue weighted by atomic mass is 16.2. The van der Waals surface area contributed by atoms with Crippen LogP contribution < -0.4 is 10.6 Å². The molecule has 3 aromatic rings. The Balaban J connectivity index is 1.64. The van der Waals surface area contributed by atoms with E-state index >= 15 is 0 Å². The van der Waals surface area contributed by atoms with Gasteiger partial charge in [-0.05, 0) is 21.9 Å². The Morgan fingerprint density at radius 2 is 1.69 bits per heavy atom. The van der Waals surface area contributed by atoms with E-state index in [-0.39, 0.29) is 24.3 Å². The zero-order valence-electron chi connectivity index (χ0n) is 20.2. The SMILES string of the molecule is CNC(=O)[C@@H](Cc1ccccc1)N(C)C(=O)[C@@H](Cc1ccc2ccccc2c1)N1CCNCC1=O. The molecule has 3 amide bonds. The predicted octanol–water partition coefficient (Wildman–Crippen LogP) is 2.00. The van der Waals surface area contributed by atoms with Crippen LogP contribution in [0.2, 0.25) is 0 Å². The second kappa shape index (κ2) is 11.1. The van der Waals surface area contributed by atoms with Gasteiger partial charge in [-0.15, -0.1) is 0 Å². The Morgan fingerprint density at radius 3 is 2.40 bits per heavy atom. The summed E-state index contributed by atoms with van der Waals surface area (Å²) < 4.78 is 0. The van der Waals surface area contributed by atoms with E-state index < -0.39 is 12.1 Å². The number of nitrogens with one attached hydrogen (secondary N) is 2. The van der Waals surface area contributed by atoms with Crippen LogP contribution >= 0.6 is 0 Å². The minimum absolute atomic E-state index is 0.108. The maximum Gasteiger partial charge on any atom is 0.246 e. The summed E-state index contributed by atoms with van der Waals surface area (Å²) >= 11 is 0. The first-order valence-corrected chi connectivity index (χ1v) is 12.0. The first kappa shape index (κ1) is 24.4. The highest BCUT2D eigenvalue weighted by Gasteiger charge is 2.37. The van der Waals surface area contributed by atoms with Crippen LogP contribution in [-0.4, -0.2) is 73.3 Å². The Morgan fingerprint density at radius 1 is 0.971 bits per heavy atom. The number of carbonyl (C=O) groups is 3. The number of likely N-dealkylation sites (N-methyl/N-ethyl adjacent to an activating group) is 2. The van der Waals surface area contributed by atoms with Crippen LogP contribution in [0.15, 0.2) is 72.8 Å². The van der Waals surface area contributed by atoms with Crippen molar-refractivity contribution in [2.45, 2.75) is 24.9 Å². The van der Waals surface area contributed by atoms with Gasteiger partial charge in [-0.25, -0.2) is 0 Å². The summed E-state index contributed by atoms with van der Waals surface area (Å²) in [5.74, 6) is -0.581. The van der Waals surface area contributed by atoms with Crippen molar-refractivity contribution in [3.8, 4) is 0 Å². The number of hydrogen-bond acceptors (Lipinski definition) is 4. The number of benzene rings is 3. The maximum absolute atomic E-state index is 13.9. The number of hydrogen-bond donors (Lipinski definition) is 2. The third kappa shape index (κ3) is 5.69. The third-order valence-electron chi connectivity index (χ3n) is 6.67. The molecule has 7 nitrogen and oxygen atoms in total. The van der Waals surface area contributed by atoms with Crippen LogP contribution in [0.5, 0.6) is 0 Å². The summed E-state index contributed by atoms with van der Waals surface area (Å²) in [6.45, 7) is 1.27. The lowest BCUT2D eigenvalue weighted by Crippen LogP contribution is -2.60. The molecule has 2 atom stereocenters. The van der Waals surface area contributed by atoms with Crippen molar-refractivity contribution in [3.05, 3.63) is 83.9 Å². The van der Waals surface area contributed by atoms with E-state index in [2.05, 4.69) is 16.7 Å². The fourth-order valence-corrected chi connectivity index (χ4v) is 4.67. The van der Waals surface area contributed by atoms with Crippen LogP contribution in [0.25, 0.3) is 10.8 Å². The van der Waals surface area contributed by atoms with E-state index in [0.29, 0.717) is 25.9 Å². The average molecular weight is 473 g/mol. The number of fused-ring (bicyclic) bond motifs is 1. The lowest BCUT2D eigenvalue weighted by atomic mass is 9.98. The molecule has 4 rings (SSSR count). The van der Waals surface area contributed by atoms with Gasteiger partial charge >= 0.3 is 0 Å². The van der Waals surface area contributed by atoms with Gasteiger partial charge in [0.1, 0.15) is 12.1 Å². The first-order chi connectivity index (χ1) is 17.0. The van der Waals surface area contributed by atoms with Crippen LogP contribution in [0.4, 0.5) is 0 Å². The molecule has 3 aromatic carbocycles. The van der Waals surface area contributed by atoms with Gasteiger partial charge in [0.15, 0.2) is 0 Å². The summed E-state index contributed by atoms with van der Waals surface area (Å²) in [6, 6.07) is 22.5. The van der Waals surface area contributed by atoms with Gasteiger partial charge in [0.25, 0.3) is 0 Å². The summed E-state index contributed by atoms with van der Waals surface area (Å²) in [6.07, 6.45) is 0.770. The largest absolute Gasteiger partial charge is 0.357 e. The van der Waals surface area contributed by atoms with Crippen molar-refractivity contribution in [1.29, 1.82) is 0 Å². The lowest BCUT2D eigenvalue weighted by molar-refractivity contribution is -0.149. The van der Waals surface area contributed by atoms with Crippen LogP contribution in [0.3, 0.4) is 0 Å². The molecule has 2 N–H and O–H groups in total. The molecule has 1 aliphatic rings. The first-order valence-electron chi connectivity index (χ1n) is 12.0. The molecule has 0 aromatic heterocycles. The fourth-order valence-electron chi connectivity index (χ4n) is 4.67. The highest BCUT2D eigenvalue weighted by Crippen LogP contribution is 2.20. The van der Waals surface area contributed by atoms with Crippen LogP contribution in [-0.2, 0) is 27.2 Å². The number of carbonyl (C=O) groups excluding carboxylic acids is 3. The maximum atomic E-state index is 13.9. The smallest absolute Gasteiger partial charge is 0.246 e. The minimum Gasteiger partial charge on any atom is -0.357 e. The van der Waals surface area contributed by atoms with Crippen molar-refractivity contribution in [2.24, 2.45) is 0 Å². The normalized spacial score (nSPS) is 15.5. The summed E-state index contributed by atoms with van der Waals surface area (Å²) in [5, 5.41) is 7.98. The van der Waals surface area contributed by atoms with Crippen molar-refractivity contribution in [3.63, 3.8) is 0 Å². The van der Waals surface area contributed by atoms with Gasteiger partial charge in [0.05, 0.1) is 6.54 Å². The van der Waals surface area contributed by atoms with Gasteiger partial charge < -0.3 is 20.4 Å². The van der Waals surface area contributed by atoms with Crippen molar-refractivity contribution >= 4 is 28.5 Å². The molecule has 1 fully saturated rings.